The molecule has 0 spiro atoms. The molecule has 2 aliphatic heterocycles. The largest absolute Gasteiger partial charge is 0.350 e. The molecule has 0 aliphatic carbocycles. The fourth-order valence-corrected chi connectivity index (χ4v) is 3.61. The van der Waals surface area contributed by atoms with Gasteiger partial charge >= 0.3 is 0 Å². The zero-order valence-electron chi connectivity index (χ0n) is 14.1. The second-order valence-electron chi connectivity index (χ2n) is 6.56. The fourth-order valence-electron chi connectivity index (χ4n) is 3.61. The summed E-state index contributed by atoms with van der Waals surface area (Å²) in [7, 11) is 0. The van der Waals surface area contributed by atoms with Gasteiger partial charge in [0, 0.05) is 31.0 Å². The molecule has 1 unspecified atom stereocenters. The number of anilines is 2. The molecule has 1 atom stereocenters. The van der Waals surface area contributed by atoms with Gasteiger partial charge in [-0.2, -0.15) is 0 Å². The number of pyridine rings is 1. The van der Waals surface area contributed by atoms with Crippen LogP contribution < -0.4 is 15.1 Å². The van der Waals surface area contributed by atoms with E-state index in [1.54, 1.807) is 18.3 Å². The molecular weight excluding hydrogens is 316 g/mol. The predicted octanol–water partition coefficient (Wildman–Crippen LogP) is 1.61. The monoisotopic (exact) mass is 336 g/mol. The van der Waals surface area contributed by atoms with Crippen LogP contribution in [0, 0.1) is 0 Å². The second kappa shape index (κ2) is 6.20. The van der Waals surface area contributed by atoms with Crippen LogP contribution >= 0.6 is 0 Å². The summed E-state index contributed by atoms with van der Waals surface area (Å²) in [5.41, 5.74) is 2.69. The first-order valence-corrected chi connectivity index (χ1v) is 8.52. The van der Waals surface area contributed by atoms with Crippen LogP contribution in [0.4, 0.5) is 11.5 Å². The van der Waals surface area contributed by atoms with E-state index in [0.29, 0.717) is 24.5 Å². The van der Waals surface area contributed by atoms with E-state index in [9.17, 15) is 9.59 Å². The molecule has 25 heavy (non-hydrogen) atoms. The molecule has 3 heterocycles. The van der Waals surface area contributed by atoms with Crippen molar-refractivity contribution in [3.8, 4) is 0 Å². The van der Waals surface area contributed by atoms with Crippen molar-refractivity contribution in [3.05, 3.63) is 53.7 Å². The average Bonchev–Trinajstić information content (AvgIpc) is 3.04. The molecule has 0 radical (unpaired) electrons. The highest BCUT2D eigenvalue weighted by Crippen LogP contribution is 2.30. The summed E-state index contributed by atoms with van der Waals surface area (Å²) < 4.78 is 0. The van der Waals surface area contributed by atoms with Crippen LogP contribution in [-0.2, 0) is 11.2 Å². The van der Waals surface area contributed by atoms with Gasteiger partial charge in [-0.15, -0.1) is 0 Å². The van der Waals surface area contributed by atoms with Gasteiger partial charge in [-0.3, -0.25) is 9.59 Å². The van der Waals surface area contributed by atoms with Gasteiger partial charge in [0.25, 0.3) is 5.91 Å². The normalized spacial score (nSPS) is 19.6. The van der Waals surface area contributed by atoms with Crippen molar-refractivity contribution in [1.82, 2.24) is 10.3 Å². The Morgan fingerprint density at radius 1 is 1.24 bits per heavy atom. The molecule has 2 amide bonds. The van der Waals surface area contributed by atoms with Crippen LogP contribution in [0.2, 0.25) is 0 Å². The number of nitrogens with zero attached hydrogens (tertiary/aromatic N) is 3. The maximum atomic E-state index is 13.2. The number of fused-ring (bicyclic) bond motifs is 1. The van der Waals surface area contributed by atoms with E-state index in [2.05, 4.69) is 16.4 Å². The summed E-state index contributed by atoms with van der Waals surface area (Å²) in [5.74, 6) is 0.472. The van der Waals surface area contributed by atoms with Crippen LogP contribution in [0.1, 0.15) is 22.8 Å². The number of piperazine rings is 1. The van der Waals surface area contributed by atoms with E-state index < -0.39 is 0 Å². The standard InChI is InChI=1S/C19H20N4O2/c1-13-11-22(12-17(24)21-13)18-15(6-4-9-20-18)19(25)23-10-8-14-5-2-3-7-16(14)23/h2-7,9,13H,8,10-12H2,1H3,(H,21,24). The van der Waals surface area contributed by atoms with Crippen LogP contribution in [0.5, 0.6) is 0 Å². The zero-order valence-corrected chi connectivity index (χ0v) is 14.1. The Morgan fingerprint density at radius 2 is 2.08 bits per heavy atom. The van der Waals surface area contributed by atoms with E-state index in [4.69, 9.17) is 0 Å². The van der Waals surface area contributed by atoms with Gasteiger partial charge < -0.3 is 15.1 Å². The zero-order chi connectivity index (χ0) is 17.4. The predicted molar refractivity (Wildman–Crippen MR) is 95.9 cm³/mol. The third kappa shape index (κ3) is 2.84. The second-order valence-corrected chi connectivity index (χ2v) is 6.56. The first kappa shape index (κ1) is 15.6. The molecule has 2 aromatic rings. The summed E-state index contributed by atoms with van der Waals surface area (Å²) in [6.45, 7) is 3.48. The smallest absolute Gasteiger partial charge is 0.262 e. The van der Waals surface area contributed by atoms with Crippen molar-refractivity contribution in [2.75, 3.05) is 29.4 Å². The molecule has 128 valence electrons. The summed E-state index contributed by atoms with van der Waals surface area (Å²) in [6, 6.07) is 11.6. The number of rotatable bonds is 2. The Morgan fingerprint density at radius 3 is 2.92 bits per heavy atom. The first-order chi connectivity index (χ1) is 12.1. The van der Waals surface area contributed by atoms with Gasteiger partial charge in [0.2, 0.25) is 5.91 Å². The van der Waals surface area contributed by atoms with Gasteiger partial charge in [-0.1, -0.05) is 18.2 Å². The molecule has 1 aromatic carbocycles. The van der Waals surface area contributed by atoms with Gasteiger partial charge in [0.15, 0.2) is 0 Å². The Bertz CT molecular complexity index is 836. The number of hydrogen-bond donors (Lipinski definition) is 1. The van der Waals surface area contributed by atoms with E-state index in [1.807, 2.05) is 34.9 Å². The van der Waals surface area contributed by atoms with Gasteiger partial charge in [0.1, 0.15) is 5.82 Å². The molecule has 0 bridgehead atoms. The van der Waals surface area contributed by atoms with E-state index in [1.165, 1.54) is 5.56 Å². The van der Waals surface area contributed by atoms with E-state index >= 15 is 0 Å². The summed E-state index contributed by atoms with van der Waals surface area (Å²) in [5, 5.41) is 2.89. The number of carbonyl (C=O) groups excluding carboxylic acids is 2. The third-order valence-electron chi connectivity index (χ3n) is 4.69. The molecule has 6 nitrogen and oxygen atoms in total. The van der Waals surface area contributed by atoms with Crippen molar-refractivity contribution in [3.63, 3.8) is 0 Å². The number of nitrogens with one attached hydrogen (secondary N) is 1. The van der Waals surface area contributed by atoms with Crippen LogP contribution in [0.15, 0.2) is 42.6 Å². The lowest BCUT2D eigenvalue weighted by Gasteiger charge is -2.33. The maximum Gasteiger partial charge on any atom is 0.262 e. The Kier molecular flexibility index (Phi) is 3.87. The molecule has 0 saturated carbocycles. The Hall–Kier alpha value is -2.89. The van der Waals surface area contributed by atoms with Crippen molar-refractivity contribution < 1.29 is 9.59 Å². The van der Waals surface area contributed by atoms with Crippen LogP contribution in [0.25, 0.3) is 0 Å². The minimum absolute atomic E-state index is 0.0266. The van der Waals surface area contributed by atoms with Crippen LogP contribution in [-0.4, -0.2) is 42.5 Å². The molecule has 1 aromatic heterocycles. The quantitative estimate of drug-likeness (QED) is 0.905. The first-order valence-electron chi connectivity index (χ1n) is 8.52. The fraction of sp³-hybridized carbons (Fsp3) is 0.316. The highest BCUT2D eigenvalue weighted by atomic mass is 16.2. The topological polar surface area (TPSA) is 65.5 Å². The van der Waals surface area contributed by atoms with Crippen molar-refractivity contribution >= 4 is 23.3 Å². The number of carbonyl (C=O) groups is 2. The van der Waals surface area contributed by atoms with Gasteiger partial charge in [-0.05, 0) is 37.1 Å². The summed E-state index contributed by atoms with van der Waals surface area (Å²) in [6.07, 6.45) is 2.53. The van der Waals surface area contributed by atoms with Crippen LogP contribution in [0.3, 0.4) is 0 Å². The van der Waals surface area contributed by atoms with Gasteiger partial charge in [-0.25, -0.2) is 4.98 Å². The average molecular weight is 336 g/mol. The van der Waals surface area contributed by atoms with E-state index in [-0.39, 0.29) is 24.4 Å². The van der Waals surface area contributed by atoms with E-state index in [0.717, 1.165) is 12.1 Å². The van der Waals surface area contributed by atoms with Crippen molar-refractivity contribution in [2.45, 2.75) is 19.4 Å². The Labute approximate surface area is 146 Å². The number of hydrogen-bond acceptors (Lipinski definition) is 4. The number of amides is 2. The molecule has 1 N–H and O–H groups in total. The maximum absolute atomic E-state index is 13.2. The summed E-state index contributed by atoms with van der Waals surface area (Å²) in [4.78, 5) is 33.2. The molecule has 1 fully saturated rings. The van der Waals surface area contributed by atoms with Crippen molar-refractivity contribution in [1.29, 1.82) is 0 Å². The lowest BCUT2D eigenvalue weighted by atomic mass is 10.1. The molecular formula is C19H20N4O2. The lowest BCUT2D eigenvalue weighted by Crippen LogP contribution is -2.53. The number of benzene rings is 1. The molecule has 6 heteroatoms. The minimum Gasteiger partial charge on any atom is -0.350 e. The SMILES string of the molecule is CC1CN(c2ncccc2C(=O)N2CCc3ccccc32)CC(=O)N1. The molecule has 4 rings (SSSR count). The van der Waals surface area contributed by atoms with Gasteiger partial charge in [0.05, 0.1) is 12.1 Å². The molecule has 1 saturated heterocycles. The lowest BCUT2D eigenvalue weighted by molar-refractivity contribution is -0.121. The number of para-hydroxylation sites is 1. The number of aromatic nitrogens is 1. The minimum atomic E-state index is -0.0633. The van der Waals surface area contributed by atoms with Crippen molar-refractivity contribution in [2.24, 2.45) is 0 Å². The third-order valence-corrected chi connectivity index (χ3v) is 4.69. The Balaban J connectivity index is 1.68. The highest BCUT2D eigenvalue weighted by molar-refractivity contribution is 6.10. The molecule has 2 aliphatic rings. The summed E-state index contributed by atoms with van der Waals surface area (Å²) >= 11 is 0. The highest BCUT2D eigenvalue weighted by Gasteiger charge is 2.30.